The topological polar surface area (TPSA) is 37.5 Å². The molecule has 0 fully saturated rings. The van der Waals surface area contributed by atoms with Crippen molar-refractivity contribution in [3.8, 4) is 0 Å². The van der Waals surface area contributed by atoms with Gasteiger partial charge in [0, 0.05) is 11.9 Å². The molecule has 0 saturated carbocycles. The van der Waals surface area contributed by atoms with Gasteiger partial charge in [0.25, 0.3) is 0 Å². The molecule has 0 aliphatic rings. The lowest BCUT2D eigenvalue weighted by Crippen LogP contribution is -1.88. The van der Waals surface area contributed by atoms with Crippen LogP contribution in [0.4, 0.5) is 0 Å². The Labute approximate surface area is 70.3 Å². The molecule has 2 heterocycles. The van der Waals surface area contributed by atoms with Crippen LogP contribution in [0.15, 0.2) is 24.4 Å². The van der Waals surface area contributed by atoms with E-state index in [0.717, 1.165) is 17.0 Å². The Bertz CT molecular complexity index is 406. The summed E-state index contributed by atoms with van der Waals surface area (Å²) in [7, 11) is 0. The Hall–Kier alpha value is -1.35. The van der Waals surface area contributed by atoms with E-state index in [0.29, 0.717) is 0 Å². The van der Waals surface area contributed by atoms with Gasteiger partial charge >= 0.3 is 0 Å². The summed E-state index contributed by atoms with van der Waals surface area (Å²) in [6, 6.07) is 5.80. The number of fused-ring (bicyclic) bond motifs is 1. The molecule has 2 rings (SSSR count). The van der Waals surface area contributed by atoms with Crippen molar-refractivity contribution in [2.75, 3.05) is 0 Å². The molecule has 0 bridgehead atoms. The quantitative estimate of drug-likeness (QED) is 0.682. The van der Waals surface area contributed by atoms with Gasteiger partial charge in [0.05, 0.1) is 12.3 Å². The van der Waals surface area contributed by atoms with Crippen molar-refractivity contribution in [3.63, 3.8) is 0 Å². The van der Waals surface area contributed by atoms with Crippen LogP contribution in [-0.2, 0) is 6.61 Å². The van der Waals surface area contributed by atoms with Crippen molar-refractivity contribution in [2.45, 2.75) is 13.5 Å². The maximum atomic E-state index is 8.94. The lowest BCUT2D eigenvalue weighted by atomic mass is 10.4. The van der Waals surface area contributed by atoms with E-state index < -0.39 is 0 Å². The molecule has 0 aliphatic carbocycles. The SMILES string of the molecule is Cc1c(CO)nc2ccccn12. The lowest BCUT2D eigenvalue weighted by molar-refractivity contribution is 0.276. The van der Waals surface area contributed by atoms with Crippen LogP contribution < -0.4 is 0 Å². The average Bonchev–Trinajstić information content (AvgIpc) is 2.44. The molecule has 1 N–H and O–H groups in total. The van der Waals surface area contributed by atoms with Crippen LogP contribution in [0.25, 0.3) is 5.65 Å². The molecular formula is C9H10N2O. The van der Waals surface area contributed by atoms with E-state index in [9.17, 15) is 0 Å². The molecule has 0 radical (unpaired) electrons. The van der Waals surface area contributed by atoms with Crippen LogP contribution >= 0.6 is 0 Å². The first kappa shape index (κ1) is 7.31. The molecule has 2 aromatic heterocycles. The summed E-state index contributed by atoms with van der Waals surface area (Å²) >= 11 is 0. The van der Waals surface area contributed by atoms with Crippen LogP contribution in [0.1, 0.15) is 11.4 Å². The van der Waals surface area contributed by atoms with Crippen molar-refractivity contribution >= 4 is 5.65 Å². The number of imidazole rings is 1. The predicted molar refractivity (Wildman–Crippen MR) is 45.9 cm³/mol. The number of rotatable bonds is 1. The fourth-order valence-corrected chi connectivity index (χ4v) is 1.32. The summed E-state index contributed by atoms with van der Waals surface area (Å²) < 4.78 is 1.96. The van der Waals surface area contributed by atoms with Crippen molar-refractivity contribution < 1.29 is 5.11 Å². The van der Waals surface area contributed by atoms with Gasteiger partial charge in [-0.1, -0.05) is 6.07 Å². The van der Waals surface area contributed by atoms with Gasteiger partial charge in [-0.15, -0.1) is 0 Å². The first-order valence-electron chi connectivity index (χ1n) is 3.86. The van der Waals surface area contributed by atoms with E-state index in [4.69, 9.17) is 5.11 Å². The molecule has 2 aromatic rings. The highest BCUT2D eigenvalue weighted by atomic mass is 16.3. The third kappa shape index (κ3) is 0.905. The molecule has 3 heteroatoms. The number of aliphatic hydroxyl groups is 1. The highest BCUT2D eigenvalue weighted by molar-refractivity contribution is 5.42. The minimum absolute atomic E-state index is 0.00745. The zero-order valence-corrected chi connectivity index (χ0v) is 6.86. The molecule has 0 aliphatic heterocycles. The molecule has 0 spiro atoms. The molecule has 62 valence electrons. The van der Waals surface area contributed by atoms with Crippen molar-refractivity contribution in [1.29, 1.82) is 0 Å². The maximum Gasteiger partial charge on any atom is 0.137 e. The smallest absolute Gasteiger partial charge is 0.137 e. The van der Waals surface area contributed by atoms with E-state index in [1.54, 1.807) is 0 Å². The first-order chi connectivity index (χ1) is 5.83. The Morgan fingerprint density at radius 3 is 3.00 bits per heavy atom. The second-order valence-electron chi connectivity index (χ2n) is 2.73. The Morgan fingerprint density at radius 1 is 1.50 bits per heavy atom. The lowest BCUT2D eigenvalue weighted by Gasteiger charge is -1.93. The van der Waals surface area contributed by atoms with E-state index in [1.807, 2.05) is 35.7 Å². The number of hydrogen-bond acceptors (Lipinski definition) is 2. The zero-order chi connectivity index (χ0) is 8.55. The number of aliphatic hydroxyl groups excluding tert-OH is 1. The minimum Gasteiger partial charge on any atom is -0.390 e. The Kier molecular flexibility index (Phi) is 1.59. The monoisotopic (exact) mass is 162 g/mol. The number of aryl methyl sites for hydroxylation is 1. The molecule has 12 heavy (non-hydrogen) atoms. The van der Waals surface area contributed by atoms with E-state index in [-0.39, 0.29) is 6.61 Å². The van der Waals surface area contributed by atoms with E-state index >= 15 is 0 Å². The van der Waals surface area contributed by atoms with Crippen LogP contribution in [0.5, 0.6) is 0 Å². The number of pyridine rings is 1. The predicted octanol–water partition coefficient (Wildman–Crippen LogP) is 1.14. The van der Waals surface area contributed by atoms with Gasteiger partial charge in [0.15, 0.2) is 0 Å². The third-order valence-electron chi connectivity index (χ3n) is 2.02. The fraction of sp³-hybridized carbons (Fsp3) is 0.222. The van der Waals surface area contributed by atoms with Crippen molar-refractivity contribution in [1.82, 2.24) is 9.38 Å². The average molecular weight is 162 g/mol. The summed E-state index contributed by atoms with van der Waals surface area (Å²) in [5.41, 5.74) is 2.65. The van der Waals surface area contributed by atoms with Crippen LogP contribution in [-0.4, -0.2) is 14.5 Å². The van der Waals surface area contributed by atoms with Gasteiger partial charge < -0.3 is 9.51 Å². The maximum absolute atomic E-state index is 8.94. The van der Waals surface area contributed by atoms with E-state index in [2.05, 4.69) is 4.98 Å². The largest absolute Gasteiger partial charge is 0.390 e. The summed E-state index contributed by atoms with van der Waals surface area (Å²) in [5.74, 6) is 0. The molecular weight excluding hydrogens is 152 g/mol. The summed E-state index contributed by atoms with van der Waals surface area (Å²) in [6.07, 6.45) is 1.94. The Morgan fingerprint density at radius 2 is 2.33 bits per heavy atom. The summed E-state index contributed by atoms with van der Waals surface area (Å²) in [5, 5.41) is 8.94. The van der Waals surface area contributed by atoms with Gasteiger partial charge in [0.2, 0.25) is 0 Å². The van der Waals surface area contributed by atoms with Gasteiger partial charge in [-0.25, -0.2) is 4.98 Å². The molecule has 3 nitrogen and oxygen atoms in total. The normalized spacial score (nSPS) is 10.8. The van der Waals surface area contributed by atoms with Gasteiger partial charge in [-0.3, -0.25) is 0 Å². The standard InChI is InChI=1S/C9H10N2O/c1-7-8(6-12)10-9-4-2-3-5-11(7)9/h2-5,12H,6H2,1H3. The van der Waals surface area contributed by atoms with Crippen LogP contribution in [0.3, 0.4) is 0 Å². The fourth-order valence-electron chi connectivity index (χ4n) is 1.32. The number of aromatic nitrogens is 2. The summed E-state index contributed by atoms with van der Waals surface area (Å²) in [6.45, 7) is 1.96. The second-order valence-corrected chi connectivity index (χ2v) is 2.73. The molecule has 0 amide bonds. The van der Waals surface area contributed by atoms with Crippen molar-refractivity contribution in [2.24, 2.45) is 0 Å². The third-order valence-corrected chi connectivity index (χ3v) is 2.02. The minimum atomic E-state index is 0.00745. The van der Waals surface area contributed by atoms with Crippen LogP contribution in [0.2, 0.25) is 0 Å². The molecule has 0 atom stereocenters. The van der Waals surface area contributed by atoms with E-state index in [1.165, 1.54) is 0 Å². The number of hydrogen-bond donors (Lipinski definition) is 1. The Balaban J connectivity index is 2.78. The molecule has 0 aromatic carbocycles. The molecule has 0 unspecified atom stereocenters. The molecule has 0 saturated heterocycles. The van der Waals surface area contributed by atoms with Gasteiger partial charge in [-0.2, -0.15) is 0 Å². The number of nitrogens with zero attached hydrogens (tertiary/aromatic N) is 2. The van der Waals surface area contributed by atoms with Gasteiger partial charge in [-0.05, 0) is 19.1 Å². The van der Waals surface area contributed by atoms with Gasteiger partial charge in [0.1, 0.15) is 5.65 Å². The zero-order valence-electron chi connectivity index (χ0n) is 6.86. The van der Waals surface area contributed by atoms with Crippen molar-refractivity contribution in [3.05, 3.63) is 35.8 Å². The van der Waals surface area contributed by atoms with Crippen LogP contribution in [0, 0.1) is 6.92 Å². The highest BCUT2D eigenvalue weighted by Crippen LogP contribution is 2.10. The highest BCUT2D eigenvalue weighted by Gasteiger charge is 2.04. The second kappa shape index (κ2) is 2.60. The summed E-state index contributed by atoms with van der Waals surface area (Å²) in [4.78, 5) is 4.24. The first-order valence-corrected chi connectivity index (χ1v) is 3.86.